The van der Waals surface area contributed by atoms with Crippen LogP contribution in [0.5, 0.6) is 0 Å². The number of amides is 4. The van der Waals surface area contributed by atoms with E-state index in [0.29, 0.717) is 6.42 Å². The summed E-state index contributed by atoms with van der Waals surface area (Å²) in [5, 5.41) is 4.53. The Hall–Kier alpha value is -1.80. The standard InChI is InChI=1S/C13H20N4O4/c1-3-9(17-6-12(20)15-13(21)7-17)8(2)16-4-10(18)14-11(19)5-16/h8-9H,3-7H2,1-2H3,(H,14,18,19)(H,15,20,21)/t8-,9+/m1/s1. The summed E-state index contributed by atoms with van der Waals surface area (Å²) in [6, 6.07) is -0.178. The van der Waals surface area contributed by atoms with Gasteiger partial charge in [-0.1, -0.05) is 6.92 Å². The molecule has 0 spiro atoms. The highest BCUT2D eigenvalue weighted by molar-refractivity contribution is 6.00. The highest BCUT2D eigenvalue weighted by Gasteiger charge is 2.35. The maximum atomic E-state index is 11.5. The van der Waals surface area contributed by atoms with Crippen LogP contribution in [0.15, 0.2) is 0 Å². The van der Waals surface area contributed by atoms with Crippen LogP contribution < -0.4 is 10.6 Å². The van der Waals surface area contributed by atoms with E-state index in [1.165, 1.54) is 0 Å². The normalized spacial score (nSPS) is 24.5. The topological polar surface area (TPSA) is 98.8 Å². The molecule has 0 unspecified atom stereocenters. The average Bonchev–Trinajstić information content (AvgIpc) is 2.37. The van der Waals surface area contributed by atoms with E-state index in [0.717, 1.165) is 0 Å². The summed E-state index contributed by atoms with van der Waals surface area (Å²) in [5.74, 6) is -1.27. The summed E-state index contributed by atoms with van der Waals surface area (Å²) < 4.78 is 0. The average molecular weight is 296 g/mol. The van der Waals surface area contributed by atoms with Crippen LogP contribution in [0.3, 0.4) is 0 Å². The third-order valence-electron chi connectivity index (χ3n) is 3.96. The Morgan fingerprint density at radius 1 is 0.857 bits per heavy atom. The van der Waals surface area contributed by atoms with Crippen molar-refractivity contribution in [1.29, 1.82) is 0 Å². The molecule has 2 aliphatic rings. The molecule has 2 fully saturated rings. The van der Waals surface area contributed by atoms with Crippen molar-refractivity contribution in [1.82, 2.24) is 20.4 Å². The predicted molar refractivity (Wildman–Crippen MR) is 73.0 cm³/mol. The number of nitrogens with one attached hydrogen (secondary N) is 2. The Balaban J connectivity index is 2.08. The fraction of sp³-hybridized carbons (Fsp3) is 0.692. The second-order valence-corrected chi connectivity index (χ2v) is 5.47. The van der Waals surface area contributed by atoms with Gasteiger partial charge in [-0.3, -0.25) is 39.6 Å². The lowest BCUT2D eigenvalue weighted by molar-refractivity contribution is -0.142. The Bertz CT molecular complexity index is 447. The van der Waals surface area contributed by atoms with E-state index in [1.54, 1.807) is 4.90 Å². The highest BCUT2D eigenvalue weighted by Crippen LogP contribution is 2.16. The van der Waals surface area contributed by atoms with Crippen LogP contribution in [0.4, 0.5) is 0 Å². The first-order valence-corrected chi connectivity index (χ1v) is 7.04. The highest BCUT2D eigenvalue weighted by atomic mass is 16.2. The Morgan fingerprint density at radius 3 is 1.62 bits per heavy atom. The molecule has 8 nitrogen and oxygen atoms in total. The van der Waals surface area contributed by atoms with E-state index in [9.17, 15) is 19.2 Å². The van der Waals surface area contributed by atoms with Crippen LogP contribution in [-0.2, 0) is 19.2 Å². The number of rotatable bonds is 4. The summed E-state index contributed by atoms with van der Waals surface area (Å²) >= 11 is 0. The van der Waals surface area contributed by atoms with Crippen LogP contribution in [0, 0.1) is 0 Å². The summed E-state index contributed by atoms with van der Waals surface area (Å²) in [6.45, 7) is 4.49. The minimum Gasteiger partial charge on any atom is -0.294 e. The number of piperazine rings is 2. The Labute approximate surface area is 122 Å². The van der Waals surface area contributed by atoms with Gasteiger partial charge in [-0.05, 0) is 13.3 Å². The molecule has 2 N–H and O–H groups in total. The third kappa shape index (κ3) is 3.64. The summed E-state index contributed by atoms with van der Waals surface area (Å²) in [5.41, 5.74) is 0. The van der Waals surface area contributed by atoms with E-state index < -0.39 is 0 Å². The van der Waals surface area contributed by atoms with Crippen molar-refractivity contribution in [3.8, 4) is 0 Å². The summed E-state index contributed by atoms with van der Waals surface area (Å²) in [6.07, 6.45) is 0.716. The second kappa shape index (κ2) is 6.31. The molecular formula is C13H20N4O4. The lowest BCUT2D eigenvalue weighted by Gasteiger charge is -2.41. The van der Waals surface area contributed by atoms with Gasteiger partial charge in [0, 0.05) is 12.1 Å². The fourth-order valence-electron chi connectivity index (χ4n) is 2.99. The first-order valence-electron chi connectivity index (χ1n) is 7.04. The van der Waals surface area contributed by atoms with Crippen LogP contribution in [0.1, 0.15) is 20.3 Å². The lowest BCUT2D eigenvalue weighted by atomic mass is 10.0. The summed E-state index contributed by atoms with van der Waals surface area (Å²) in [7, 11) is 0. The molecule has 2 saturated heterocycles. The van der Waals surface area contributed by atoms with Gasteiger partial charge in [0.05, 0.1) is 26.2 Å². The SMILES string of the molecule is CC[C@@H]([C@@H](C)N1CC(=O)NC(=O)C1)N1CC(=O)NC(=O)C1. The summed E-state index contributed by atoms with van der Waals surface area (Å²) in [4.78, 5) is 49.5. The molecule has 8 heteroatoms. The number of carbonyl (C=O) groups is 4. The molecule has 0 aromatic heterocycles. The first kappa shape index (κ1) is 15.6. The molecule has 0 aliphatic carbocycles. The molecule has 0 aromatic carbocycles. The van der Waals surface area contributed by atoms with E-state index in [4.69, 9.17) is 0 Å². The van der Waals surface area contributed by atoms with Crippen molar-refractivity contribution in [3.63, 3.8) is 0 Å². The van der Waals surface area contributed by atoms with E-state index in [1.807, 2.05) is 18.7 Å². The Morgan fingerprint density at radius 2 is 1.24 bits per heavy atom. The Kier molecular flexibility index (Phi) is 4.69. The van der Waals surface area contributed by atoms with Gasteiger partial charge in [0.2, 0.25) is 23.6 Å². The fourth-order valence-corrected chi connectivity index (χ4v) is 2.99. The number of nitrogens with zero attached hydrogens (tertiary/aromatic N) is 2. The van der Waals surface area contributed by atoms with Crippen molar-refractivity contribution in [2.75, 3.05) is 26.2 Å². The van der Waals surface area contributed by atoms with E-state index in [-0.39, 0.29) is 61.9 Å². The molecule has 0 radical (unpaired) electrons. The van der Waals surface area contributed by atoms with Crippen LogP contribution in [0.25, 0.3) is 0 Å². The molecule has 21 heavy (non-hydrogen) atoms. The van der Waals surface area contributed by atoms with Gasteiger partial charge < -0.3 is 0 Å². The molecule has 0 saturated carbocycles. The zero-order valence-electron chi connectivity index (χ0n) is 12.2. The first-order chi connectivity index (χ1) is 9.90. The lowest BCUT2D eigenvalue weighted by Crippen LogP contribution is -2.62. The smallest absolute Gasteiger partial charge is 0.240 e. The van der Waals surface area contributed by atoms with Gasteiger partial charge in [0.25, 0.3) is 0 Å². The number of carbonyl (C=O) groups excluding carboxylic acids is 4. The number of hydrogen-bond acceptors (Lipinski definition) is 6. The van der Waals surface area contributed by atoms with Crippen LogP contribution >= 0.6 is 0 Å². The number of hydrogen-bond donors (Lipinski definition) is 2. The second-order valence-electron chi connectivity index (χ2n) is 5.47. The van der Waals surface area contributed by atoms with Gasteiger partial charge in [-0.25, -0.2) is 0 Å². The predicted octanol–water partition coefficient (Wildman–Crippen LogP) is -1.93. The van der Waals surface area contributed by atoms with Crippen molar-refractivity contribution >= 4 is 23.6 Å². The van der Waals surface area contributed by atoms with Gasteiger partial charge in [-0.2, -0.15) is 0 Å². The van der Waals surface area contributed by atoms with Gasteiger partial charge in [0.15, 0.2) is 0 Å². The molecule has 0 bridgehead atoms. The van der Waals surface area contributed by atoms with Gasteiger partial charge >= 0.3 is 0 Å². The van der Waals surface area contributed by atoms with Crippen molar-refractivity contribution in [3.05, 3.63) is 0 Å². The van der Waals surface area contributed by atoms with Gasteiger partial charge in [-0.15, -0.1) is 0 Å². The van der Waals surface area contributed by atoms with Crippen molar-refractivity contribution in [2.45, 2.75) is 32.4 Å². The minimum atomic E-state index is -0.319. The van der Waals surface area contributed by atoms with Crippen molar-refractivity contribution in [2.24, 2.45) is 0 Å². The van der Waals surface area contributed by atoms with E-state index >= 15 is 0 Å². The molecule has 2 rings (SSSR count). The molecule has 4 amide bonds. The zero-order chi connectivity index (χ0) is 15.6. The maximum absolute atomic E-state index is 11.5. The minimum absolute atomic E-state index is 0.0706. The van der Waals surface area contributed by atoms with Crippen LogP contribution in [0.2, 0.25) is 0 Å². The third-order valence-corrected chi connectivity index (χ3v) is 3.96. The monoisotopic (exact) mass is 296 g/mol. The molecule has 2 atom stereocenters. The maximum Gasteiger partial charge on any atom is 0.240 e. The zero-order valence-corrected chi connectivity index (χ0v) is 12.2. The number of imide groups is 2. The molecule has 2 aliphatic heterocycles. The van der Waals surface area contributed by atoms with Crippen molar-refractivity contribution < 1.29 is 19.2 Å². The van der Waals surface area contributed by atoms with E-state index in [2.05, 4.69) is 10.6 Å². The largest absolute Gasteiger partial charge is 0.294 e. The van der Waals surface area contributed by atoms with Gasteiger partial charge in [0.1, 0.15) is 0 Å². The van der Waals surface area contributed by atoms with Crippen LogP contribution in [-0.4, -0.2) is 71.7 Å². The molecule has 116 valence electrons. The quantitative estimate of drug-likeness (QED) is 0.586. The molecule has 0 aromatic rings. The molecule has 2 heterocycles. The molecular weight excluding hydrogens is 276 g/mol.